The van der Waals surface area contributed by atoms with Gasteiger partial charge in [-0.15, -0.1) is 0 Å². The molecule has 2 N–H and O–H groups in total. The maximum Gasteiger partial charge on any atom is 0.439 e. The standard InChI is InChI=1S/C17H10FN3O3/c18-12-8-10(4-6-11(12)16-20-17(23)24-21-16)13-7-5-9-2-1-3-14(22)15(9)19-13/h1-8,22H,(H,20,21,23). The minimum Gasteiger partial charge on any atom is -0.506 e. The highest BCUT2D eigenvalue weighted by atomic mass is 19.1. The topological polar surface area (TPSA) is 92.0 Å². The van der Waals surface area contributed by atoms with Gasteiger partial charge in [0.05, 0.1) is 11.3 Å². The molecule has 4 aromatic rings. The molecule has 0 atom stereocenters. The number of phenolic OH excluding ortho intramolecular Hbond substituents is 1. The van der Waals surface area contributed by atoms with Crippen molar-refractivity contribution in [1.82, 2.24) is 15.1 Å². The van der Waals surface area contributed by atoms with Crippen molar-refractivity contribution in [3.63, 3.8) is 0 Å². The summed E-state index contributed by atoms with van der Waals surface area (Å²) >= 11 is 0. The maximum atomic E-state index is 14.3. The number of aromatic amines is 1. The van der Waals surface area contributed by atoms with Crippen molar-refractivity contribution >= 4 is 10.9 Å². The van der Waals surface area contributed by atoms with E-state index in [9.17, 15) is 14.3 Å². The van der Waals surface area contributed by atoms with Gasteiger partial charge in [0.2, 0.25) is 0 Å². The van der Waals surface area contributed by atoms with Crippen LogP contribution in [0.2, 0.25) is 0 Å². The fourth-order valence-electron chi connectivity index (χ4n) is 2.50. The molecule has 6 nitrogen and oxygen atoms in total. The number of hydrogen-bond donors (Lipinski definition) is 2. The second-order valence-corrected chi connectivity index (χ2v) is 5.18. The predicted molar refractivity (Wildman–Crippen MR) is 84.9 cm³/mol. The van der Waals surface area contributed by atoms with Gasteiger partial charge < -0.3 is 5.11 Å². The summed E-state index contributed by atoms with van der Waals surface area (Å²) in [5.74, 6) is -1.24. The Morgan fingerprint density at radius 2 is 2.00 bits per heavy atom. The number of pyridine rings is 1. The van der Waals surface area contributed by atoms with Crippen molar-refractivity contribution in [2.75, 3.05) is 0 Å². The number of H-pyrrole nitrogens is 1. The Morgan fingerprint density at radius 3 is 2.75 bits per heavy atom. The lowest BCUT2D eigenvalue weighted by Crippen LogP contribution is -1.96. The number of phenols is 1. The average molecular weight is 323 g/mol. The van der Waals surface area contributed by atoms with E-state index in [1.807, 2.05) is 6.07 Å². The van der Waals surface area contributed by atoms with Gasteiger partial charge in [-0.1, -0.05) is 29.4 Å². The SMILES string of the molecule is O=c1[nH]c(-c2ccc(-c3ccc4cccc(O)c4n3)cc2F)no1. The second kappa shape index (κ2) is 5.31. The van der Waals surface area contributed by atoms with E-state index in [0.29, 0.717) is 16.8 Å². The molecule has 0 unspecified atom stereocenters. The van der Waals surface area contributed by atoms with E-state index in [1.165, 1.54) is 12.1 Å². The van der Waals surface area contributed by atoms with E-state index in [2.05, 4.69) is 19.6 Å². The summed E-state index contributed by atoms with van der Waals surface area (Å²) < 4.78 is 18.7. The van der Waals surface area contributed by atoms with Crippen molar-refractivity contribution in [3.05, 3.63) is 64.9 Å². The smallest absolute Gasteiger partial charge is 0.439 e. The summed E-state index contributed by atoms with van der Waals surface area (Å²) in [7, 11) is 0. The van der Waals surface area contributed by atoms with Crippen LogP contribution in [0.4, 0.5) is 4.39 Å². The number of rotatable bonds is 2. The van der Waals surface area contributed by atoms with Gasteiger partial charge in [-0.25, -0.2) is 14.2 Å². The Labute approximate surface area is 134 Å². The Kier molecular flexibility index (Phi) is 3.13. The van der Waals surface area contributed by atoms with Crippen LogP contribution in [0.1, 0.15) is 0 Å². The fraction of sp³-hybridized carbons (Fsp3) is 0. The first kappa shape index (κ1) is 14.1. The molecule has 0 spiro atoms. The molecule has 0 aliphatic rings. The van der Waals surface area contributed by atoms with Gasteiger partial charge in [-0.3, -0.25) is 9.51 Å². The molecule has 0 amide bonds. The number of para-hydroxylation sites is 1. The van der Waals surface area contributed by atoms with E-state index >= 15 is 0 Å². The quantitative estimate of drug-likeness (QED) is 0.591. The molecule has 0 aliphatic carbocycles. The second-order valence-electron chi connectivity index (χ2n) is 5.18. The van der Waals surface area contributed by atoms with Gasteiger partial charge in [0.15, 0.2) is 5.82 Å². The lowest BCUT2D eigenvalue weighted by molar-refractivity contribution is 0.387. The number of fused-ring (bicyclic) bond motifs is 1. The summed E-state index contributed by atoms with van der Waals surface area (Å²) in [6.07, 6.45) is 0. The van der Waals surface area contributed by atoms with Gasteiger partial charge in [-0.2, -0.15) is 0 Å². The first-order chi connectivity index (χ1) is 11.6. The van der Waals surface area contributed by atoms with Gasteiger partial charge in [0.25, 0.3) is 0 Å². The van der Waals surface area contributed by atoms with Gasteiger partial charge in [0, 0.05) is 10.9 Å². The number of aromatic hydroxyl groups is 1. The summed E-state index contributed by atoms with van der Waals surface area (Å²) in [5, 5.41) is 14.2. The number of nitrogens with zero attached hydrogens (tertiary/aromatic N) is 2. The maximum absolute atomic E-state index is 14.3. The fourth-order valence-corrected chi connectivity index (χ4v) is 2.50. The summed E-state index contributed by atoms with van der Waals surface area (Å²) in [5.41, 5.74) is 1.61. The molecule has 0 aliphatic heterocycles. The highest BCUT2D eigenvalue weighted by molar-refractivity contribution is 5.86. The van der Waals surface area contributed by atoms with Crippen LogP contribution >= 0.6 is 0 Å². The highest BCUT2D eigenvalue weighted by Crippen LogP contribution is 2.28. The average Bonchev–Trinajstić information content (AvgIpc) is 3.01. The molecular weight excluding hydrogens is 313 g/mol. The van der Waals surface area contributed by atoms with Gasteiger partial charge in [0.1, 0.15) is 17.1 Å². The van der Waals surface area contributed by atoms with Crippen LogP contribution in [-0.2, 0) is 0 Å². The van der Waals surface area contributed by atoms with E-state index in [1.54, 1.807) is 30.3 Å². The zero-order valence-corrected chi connectivity index (χ0v) is 12.2. The lowest BCUT2D eigenvalue weighted by Gasteiger charge is -2.06. The van der Waals surface area contributed by atoms with E-state index < -0.39 is 11.6 Å². The number of nitrogens with one attached hydrogen (secondary N) is 1. The molecule has 0 saturated carbocycles. The Bertz CT molecular complexity index is 1120. The van der Waals surface area contributed by atoms with E-state index in [-0.39, 0.29) is 17.1 Å². The summed E-state index contributed by atoms with van der Waals surface area (Å²) in [6, 6.07) is 13.1. The van der Waals surface area contributed by atoms with Crippen LogP contribution in [0.15, 0.2) is 57.8 Å². The van der Waals surface area contributed by atoms with Crippen LogP contribution in [0.5, 0.6) is 5.75 Å². The van der Waals surface area contributed by atoms with Crippen molar-refractivity contribution in [1.29, 1.82) is 0 Å². The Balaban J connectivity index is 1.81. The number of benzene rings is 2. The van der Waals surface area contributed by atoms with Gasteiger partial charge in [-0.05, 0) is 24.3 Å². The van der Waals surface area contributed by atoms with Gasteiger partial charge >= 0.3 is 5.76 Å². The Hall–Kier alpha value is -3.48. The van der Waals surface area contributed by atoms with E-state index in [0.717, 1.165) is 5.39 Å². The first-order valence-electron chi connectivity index (χ1n) is 7.07. The van der Waals surface area contributed by atoms with Crippen molar-refractivity contribution in [2.45, 2.75) is 0 Å². The van der Waals surface area contributed by atoms with Crippen LogP contribution in [0.3, 0.4) is 0 Å². The molecule has 0 fully saturated rings. The summed E-state index contributed by atoms with van der Waals surface area (Å²) in [6.45, 7) is 0. The molecule has 2 aromatic heterocycles. The molecule has 24 heavy (non-hydrogen) atoms. The Morgan fingerprint density at radius 1 is 1.12 bits per heavy atom. The van der Waals surface area contributed by atoms with Crippen molar-refractivity contribution in [2.24, 2.45) is 0 Å². The molecule has 0 bridgehead atoms. The zero-order valence-electron chi connectivity index (χ0n) is 12.2. The predicted octanol–water partition coefficient (Wildman–Crippen LogP) is 3.09. The minimum atomic E-state index is -0.750. The van der Waals surface area contributed by atoms with Crippen molar-refractivity contribution < 1.29 is 14.0 Å². The molecule has 4 rings (SSSR count). The largest absolute Gasteiger partial charge is 0.506 e. The third-order valence-electron chi connectivity index (χ3n) is 3.66. The van der Waals surface area contributed by atoms with Crippen LogP contribution < -0.4 is 5.76 Å². The van der Waals surface area contributed by atoms with E-state index in [4.69, 9.17) is 0 Å². The number of hydrogen-bond acceptors (Lipinski definition) is 5. The molecule has 0 radical (unpaired) electrons. The third-order valence-corrected chi connectivity index (χ3v) is 3.66. The normalized spacial score (nSPS) is 11.0. The van der Waals surface area contributed by atoms with Crippen LogP contribution in [0.25, 0.3) is 33.5 Å². The monoisotopic (exact) mass is 323 g/mol. The lowest BCUT2D eigenvalue weighted by atomic mass is 10.1. The molecule has 7 heteroatoms. The molecule has 0 saturated heterocycles. The zero-order chi connectivity index (χ0) is 16.7. The number of halogens is 1. The third kappa shape index (κ3) is 2.32. The number of aromatic nitrogens is 3. The van der Waals surface area contributed by atoms with Crippen LogP contribution in [-0.4, -0.2) is 20.2 Å². The molecule has 118 valence electrons. The van der Waals surface area contributed by atoms with Crippen molar-refractivity contribution in [3.8, 4) is 28.4 Å². The molecular formula is C17H10FN3O3. The first-order valence-corrected chi connectivity index (χ1v) is 7.07. The summed E-state index contributed by atoms with van der Waals surface area (Å²) in [4.78, 5) is 17.7. The van der Waals surface area contributed by atoms with Crippen LogP contribution in [0, 0.1) is 5.82 Å². The highest BCUT2D eigenvalue weighted by Gasteiger charge is 2.12. The molecule has 2 aromatic carbocycles. The molecule has 2 heterocycles. The minimum absolute atomic E-state index is 0.0214.